The van der Waals surface area contributed by atoms with E-state index in [0.717, 1.165) is 16.7 Å². The van der Waals surface area contributed by atoms with Crippen LogP contribution in [0.15, 0.2) is 67.1 Å². The molecule has 2 heterocycles. The Morgan fingerprint density at radius 3 is 2.59 bits per heavy atom. The Kier molecular flexibility index (Phi) is 4.08. The van der Waals surface area contributed by atoms with Crippen molar-refractivity contribution in [1.82, 2.24) is 9.97 Å². The monoisotopic (exact) mass is 286 g/mol. The lowest BCUT2D eigenvalue weighted by atomic mass is 10.0. The normalized spacial score (nSPS) is 9.95. The van der Waals surface area contributed by atoms with E-state index in [0.29, 0.717) is 17.9 Å². The second-order valence-corrected chi connectivity index (χ2v) is 4.77. The molecular weight excluding hydrogens is 272 g/mol. The van der Waals surface area contributed by atoms with Gasteiger partial charge in [-0.25, -0.2) is 4.98 Å². The molecule has 0 bridgehead atoms. The topological polar surface area (TPSA) is 61.6 Å². The van der Waals surface area contributed by atoms with Gasteiger partial charge in [0.2, 0.25) is 0 Å². The van der Waals surface area contributed by atoms with Gasteiger partial charge in [-0.2, -0.15) is 5.26 Å². The van der Waals surface area contributed by atoms with Crippen LogP contribution in [0.1, 0.15) is 11.1 Å². The Hall–Kier alpha value is -3.19. The van der Waals surface area contributed by atoms with E-state index in [4.69, 9.17) is 0 Å². The van der Waals surface area contributed by atoms with Crippen molar-refractivity contribution in [2.45, 2.75) is 6.54 Å². The second kappa shape index (κ2) is 6.51. The Bertz CT molecular complexity index is 792. The summed E-state index contributed by atoms with van der Waals surface area (Å²) in [5, 5.41) is 12.7. The lowest BCUT2D eigenvalue weighted by Crippen LogP contribution is -2.04. The molecule has 0 aliphatic heterocycles. The molecule has 4 heteroatoms. The lowest BCUT2D eigenvalue weighted by molar-refractivity contribution is 1.08. The molecule has 22 heavy (non-hydrogen) atoms. The van der Waals surface area contributed by atoms with Crippen LogP contribution in [-0.4, -0.2) is 9.97 Å². The Balaban J connectivity index is 1.91. The molecule has 0 spiro atoms. The number of hydrogen-bond acceptors (Lipinski definition) is 4. The summed E-state index contributed by atoms with van der Waals surface area (Å²) in [5.41, 5.74) is 3.48. The molecule has 106 valence electrons. The molecule has 0 aliphatic carbocycles. The molecule has 3 aromatic rings. The van der Waals surface area contributed by atoms with Gasteiger partial charge in [0, 0.05) is 30.7 Å². The first-order valence-corrected chi connectivity index (χ1v) is 6.96. The summed E-state index contributed by atoms with van der Waals surface area (Å²) in [6.07, 6.45) is 5.24. The summed E-state index contributed by atoms with van der Waals surface area (Å²) in [6, 6.07) is 17.8. The quantitative estimate of drug-likeness (QED) is 0.795. The lowest BCUT2D eigenvalue weighted by Gasteiger charge is -2.10. The number of nitrogens with zero attached hydrogens (tertiary/aromatic N) is 3. The van der Waals surface area contributed by atoms with E-state index >= 15 is 0 Å². The van der Waals surface area contributed by atoms with Crippen LogP contribution in [0.25, 0.3) is 11.1 Å². The second-order valence-electron chi connectivity index (χ2n) is 4.77. The Labute approximate surface area is 129 Å². The summed E-state index contributed by atoms with van der Waals surface area (Å²) in [5.74, 6) is 0.590. The van der Waals surface area contributed by atoms with Gasteiger partial charge < -0.3 is 5.32 Å². The van der Waals surface area contributed by atoms with Crippen molar-refractivity contribution in [2.24, 2.45) is 0 Å². The number of aromatic nitrogens is 2. The number of nitriles is 1. The standard InChI is InChI=1S/C18H14N4/c19-11-17-16(15-6-2-1-3-7-15)8-10-21-18(17)22-13-14-5-4-9-20-12-14/h1-10,12H,13H2,(H,21,22). The van der Waals surface area contributed by atoms with E-state index in [1.165, 1.54) is 0 Å². The number of benzene rings is 1. The molecule has 1 N–H and O–H groups in total. The summed E-state index contributed by atoms with van der Waals surface area (Å²) in [4.78, 5) is 8.38. The van der Waals surface area contributed by atoms with Gasteiger partial charge in [0.1, 0.15) is 17.5 Å². The number of hydrogen-bond donors (Lipinski definition) is 1. The maximum atomic E-state index is 9.52. The van der Waals surface area contributed by atoms with Crippen molar-refractivity contribution in [3.63, 3.8) is 0 Å². The van der Waals surface area contributed by atoms with Crippen LogP contribution in [0.2, 0.25) is 0 Å². The molecule has 1 aromatic carbocycles. The maximum Gasteiger partial charge on any atom is 0.144 e. The summed E-state index contributed by atoms with van der Waals surface area (Å²) in [6.45, 7) is 0.577. The third kappa shape index (κ3) is 2.94. The van der Waals surface area contributed by atoms with Gasteiger partial charge in [0.15, 0.2) is 0 Å². The zero-order valence-corrected chi connectivity index (χ0v) is 11.9. The minimum atomic E-state index is 0.553. The molecule has 0 unspecified atom stereocenters. The zero-order valence-electron chi connectivity index (χ0n) is 11.9. The van der Waals surface area contributed by atoms with E-state index in [2.05, 4.69) is 21.4 Å². The van der Waals surface area contributed by atoms with E-state index in [1.54, 1.807) is 18.6 Å². The molecule has 4 nitrogen and oxygen atoms in total. The highest BCUT2D eigenvalue weighted by atomic mass is 15.0. The van der Waals surface area contributed by atoms with Crippen LogP contribution >= 0.6 is 0 Å². The van der Waals surface area contributed by atoms with Crippen molar-refractivity contribution in [2.75, 3.05) is 5.32 Å². The van der Waals surface area contributed by atoms with Gasteiger partial charge in [-0.05, 0) is 23.3 Å². The van der Waals surface area contributed by atoms with Crippen LogP contribution in [0.5, 0.6) is 0 Å². The van der Waals surface area contributed by atoms with Gasteiger partial charge in [-0.3, -0.25) is 4.98 Å². The van der Waals surface area contributed by atoms with Crippen molar-refractivity contribution >= 4 is 5.82 Å². The van der Waals surface area contributed by atoms with Crippen LogP contribution in [0.4, 0.5) is 5.82 Å². The van der Waals surface area contributed by atoms with Gasteiger partial charge in [-0.1, -0.05) is 36.4 Å². The zero-order chi connectivity index (χ0) is 15.2. The molecule has 0 radical (unpaired) electrons. The SMILES string of the molecule is N#Cc1c(-c2ccccc2)ccnc1NCc1cccnc1. The number of pyridine rings is 2. The summed E-state index contributed by atoms with van der Waals surface area (Å²) >= 11 is 0. The Morgan fingerprint density at radius 2 is 1.86 bits per heavy atom. The predicted octanol–water partition coefficient (Wildman–Crippen LogP) is 3.63. The van der Waals surface area contributed by atoms with Crippen molar-refractivity contribution in [3.05, 3.63) is 78.2 Å². The van der Waals surface area contributed by atoms with Gasteiger partial charge in [-0.15, -0.1) is 0 Å². The predicted molar refractivity (Wildman–Crippen MR) is 86.0 cm³/mol. The summed E-state index contributed by atoms with van der Waals surface area (Å²) in [7, 11) is 0. The third-order valence-electron chi connectivity index (χ3n) is 3.33. The van der Waals surface area contributed by atoms with Gasteiger partial charge in [0.05, 0.1) is 0 Å². The number of anilines is 1. The van der Waals surface area contributed by atoms with Crippen LogP contribution in [0.3, 0.4) is 0 Å². The molecule has 0 saturated carbocycles. The molecule has 0 fully saturated rings. The van der Waals surface area contributed by atoms with Gasteiger partial charge in [0.25, 0.3) is 0 Å². The largest absolute Gasteiger partial charge is 0.365 e. The number of nitrogens with one attached hydrogen (secondary N) is 1. The highest BCUT2D eigenvalue weighted by Crippen LogP contribution is 2.27. The average molecular weight is 286 g/mol. The molecule has 0 saturated heterocycles. The van der Waals surface area contributed by atoms with Crippen LogP contribution in [0, 0.1) is 11.3 Å². The molecule has 0 amide bonds. The molecule has 3 rings (SSSR count). The van der Waals surface area contributed by atoms with Crippen molar-refractivity contribution < 1.29 is 0 Å². The fraction of sp³-hybridized carbons (Fsp3) is 0.0556. The molecule has 0 aliphatic rings. The first kappa shape index (κ1) is 13.8. The third-order valence-corrected chi connectivity index (χ3v) is 3.33. The minimum absolute atomic E-state index is 0.553. The van der Waals surface area contributed by atoms with Gasteiger partial charge >= 0.3 is 0 Å². The smallest absolute Gasteiger partial charge is 0.144 e. The van der Waals surface area contributed by atoms with Crippen molar-refractivity contribution in [3.8, 4) is 17.2 Å². The summed E-state index contributed by atoms with van der Waals surface area (Å²) < 4.78 is 0. The van der Waals surface area contributed by atoms with E-state index < -0.39 is 0 Å². The maximum absolute atomic E-state index is 9.52. The number of rotatable bonds is 4. The van der Waals surface area contributed by atoms with Crippen LogP contribution in [-0.2, 0) is 6.54 Å². The van der Waals surface area contributed by atoms with E-state index in [-0.39, 0.29) is 0 Å². The first-order chi connectivity index (χ1) is 10.9. The minimum Gasteiger partial charge on any atom is -0.365 e. The highest BCUT2D eigenvalue weighted by Gasteiger charge is 2.10. The van der Waals surface area contributed by atoms with E-state index in [1.807, 2.05) is 48.5 Å². The Morgan fingerprint density at radius 1 is 1.00 bits per heavy atom. The van der Waals surface area contributed by atoms with E-state index in [9.17, 15) is 5.26 Å². The average Bonchev–Trinajstić information content (AvgIpc) is 2.61. The molecule has 2 aromatic heterocycles. The van der Waals surface area contributed by atoms with Crippen LogP contribution < -0.4 is 5.32 Å². The first-order valence-electron chi connectivity index (χ1n) is 6.96. The fourth-order valence-electron chi connectivity index (χ4n) is 2.26. The van der Waals surface area contributed by atoms with Crippen molar-refractivity contribution in [1.29, 1.82) is 5.26 Å². The molecular formula is C18H14N4. The highest BCUT2D eigenvalue weighted by molar-refractivity contribution is 5.75. The molecule has 0 atom stereocenters. The fourth-order valence-corrected chi connectivity index (χ4v) is 2.26.